The van der Waals surface area contributed by atoms with Crippen molar-refractivity contribution in [2.45, 2.75) is 25.7 Å². The maximum absolute atomic E-state index is 12.3. The molecule has 2 unspecified atom stereocenters. The van der Waals surface area contributed by atoms with E-state index in [2.05, 4.69) is 0 Å². The van der Waals surface area contributed by atoms with Crippen molar-refractivity contribution in [1.29, 1.82) is 0 Å². The third-order valence-corrected chi connectivity index (χ3v) is 2.36. The van der Waals surface area contributed by atoms with E-state index >= 15 is 0 Å². The molecule has 0 aliphatic rings. The molecule has 3 N–H and O–H groups in total. The van der Waals surface area contributed by atoms with Crippen LogP contribution in [-0.4, -0.2) is 11.1 Å². The molecule has 0 radical (unpaired) electrons. The summed E-state index contributed by atoms with van der Waals surface area (Å²) in [6.07, 6.45) is -0.809. The highest BCUT2D eigenvalue weighted by Gasteiger charge is 2.15. The molecule has 0 fully saturated rings. The van der Waals surface area contributed by atoms with Crippen molar-refractivity contribution < 1.29 is 9.50 Å². The molecule has 0 saturated heterocycles. The zero-order chi connectivity index (χ0) is 10.7. The molecule has 14 heavy (non-hydrogen) atoms. The van der Waals surface area contributed by atoms with Crippen LogP contribution in [-0.2, 0) is 6.67 Å². The monoisotopic (exact) mass is 217 g/mol. The maximum Gasteiger partial charge on any atom is 0.115 e. The van der Waals surface area contributed by atoms with Gasteiger partial charge in [-0.15, -0.1) is 0 Å². The van der Waals surface area contributed by atoms with Crippen molar-refractivity contribution in [3.8, 4) is 0 Å². The van der Waals surface area contributed by atoms with Crippen LogP contribution in [0, 0.1) is 0 Å². The third-order valence-electron chi connectivity index (χ3n) is 2.04. The van der Waals surface area contributed by atoms with Crippen molar-refractivity contribution in [2.75, 3.05) is 0 Å². The van der Waals surface area contributed by atoms with E-state index in [1.165, 1.54) is 6.07 Å². The Bertz CT molecular complexity index is 317. The van der Waals surface area contributed by atoms with E-state index in [-0.39, 0.29) is 0 Å². The average Bonchev–Trinajstić information content (AvgIpc) is 2.16. The number of aliphatic hydroxyl groups excluding tert-OH is 1. The van der Waals surface area contributed by atoms with Crippen molar-refractivity contribution in [2.24, 2.45) is 5.73 Å². The Balaban J connectivity index is 2.99. The zero-order valence-corrected chi connectivity index (χ0v) is 8.63. The van der Waals surface area contributed by atoms with Crippen LogP contribution in [0.15, 0.2) is 18.2 Å². The molecule has 2 atom stereocenters. The van der Waals surface area contributed by atoms with Gasteiger partial charge in [-0.3, -0.25) is 0 Å². The second-order valence-corrected chi connectivity index (χ2v) is 3.70. The Hall–Kier alpha value is -0.640. The van der Waals surface area contributed by atoms with Crippen LogP contribution < -0.4 is 5.73 Å². The van der Waals surface area contributed by atoms with Crippen LogP contribution in [0.4, 0.5) is 4.39 Å². The molecule has 1 aromatic carbocycles. The molecule has 0 aromatic heterocycles. The molecule has 0 spiro atoms. The number of benzene rings is 1. The Labute approximate surface area is 87.5 Å². The molecule has 1 rings (SSSR count). The number of aliphatic hydroxyl groups is 1. The van der Waals surface area contributed by atoms with Gasteiger partial charge >= 0.3 is 0 Å². The molecule has 0 aliphatic heterocycles. The molecule has 0 bridgehead atoms. The Kier molecular flexibility index (Phi) is 3.86. The van der Waals surface area contributed by atoms with E-state index in [1.807, 2.05) is 0 Å². The van der Waals surface area contributed by atoms with Crippen LogP contribution in [0.25, 0.3) is 0 Å². The zero-order valence-electron chi connectivity index (χ0n) is 7.87. The van der Waals surface area contributed by atoms with Crippen molar-refractivity contribution in [3.05, 3.63) is 34.3 Å². The van der Waals surface area contributed by atoms with Gasteiger partial charge in [0.1, 0.15) is 6.67 Å². The van der Waals surface area contributed by atoms with Crippen LogP contribution in [0.5, 0.6) is 0 Å². The largest absolute Gasteiger partial charge is 0.387 e. The first kappa shape index (κ1) is 11.4. The maximum atomic E-state index is 12.3. The summed E-state index contributed by atoms with van der Waals surface area (Å²) in [4.78, 5) is 0. The lowest BCUT2D eigenvalue weighted by molar-refractivity contribution is 0.153. The lowest BCUT2D eigenvalue weighted by Crippen LogP contribution is -2.24. The second kappa shape index (κ2) is 4.73. The predicted molar refractivity (Wildman–Crippen MR) is 54.9 cm³/mol. The van der Waals surface area contributed by atoms with Crippen LogP contribution >= 0.6 is 11.6 Å². The van der Waals surface area contributed by atoms with E-state index in [1.54, 1.807) is 19.1 Å². The summed E-state index contributed by atoms with van der Waals surface area (Å²) in [5, 5.41) is 9.99. The van der Waals surface area contributed by atoms with E-state index in [0.29, 0.717) is 16.1 Å². The SMILES string of the molecule is CC(N)C(O)c1ccc(CF)cc1Cl. The Morgan fingerprint density at radius 2 is 2.21 bits per heavy atom. The van der Waals surface area contributed by atoms with Gasteiger partial charge in [0.15, 0.2) is 0 Å². The first-order valence-corrected chi connectivity index (χ1v) is 4.72. The minimum absolute atomic E-state index is 0.352. The average molecular weight is 218 g/mol. The molecule has 0 heterocycles. The highest BCUT2D eigenvalue weighted by molar-refractivity contribution is 6.31. The van der Waals surface area contributed by atoms with Gasteiger partial charge < -0.3 is 10.8 Å². The molecule has 0 saturated carbocycles. The number of nitrogens with two attached hydrogens (primary N) is 1. The van der Waals surface area contributed by atoms with Gasteiger partial charge in [0.2, 0.25) is 0 Å². The summed E-state index contributed by atoms with van der Waals surface area (Å²) in [5.74, 6) is 0. The van der Waals surface area contributed by atoms with Gasteiger partial charge in [0, 0.05) is 16.6 Å². The number of alkyl halides is 1. The summed E-state index contributed by atoms with van der Waals surface area (Å²) in [6, 6.07) is 4.30. The Morgan fingerprint density at radius 1 is 1.57 bits per heavy atom. The molecule has 78 valence electrons. The van der Waals surface area contributed by atoms with Gasteiger partial charge in [-0.2, -0.15) is 0 Å². The molecular formula is C10H13ClFNO. The summed E-state index contributed by atoms with van der Waals surface area (Å²) in [5.41, 5.74) is 6.56. The van der Waals surface area contributed by atoms with Gasteiger partial charge in [-0.25, -0.2) is 4.39 Å². The first-order chi connectivity index (χ1) is 6.56. The number of hydrogen-bond donors (Lipinski definition) is 2. The number of hydrogen-bond acceptors (Lipinski definition) is 2. The lowest BCUT2D eigenvalue weighted by atomic mass is 10.0. The minimum atomic E-state index is -0.809. The molecular weight excluding hydrogens is 205 g/mol. The molecule has 4 heteroatoms. The van der Waals surface area contributed by atoms with E-state index in [9.17, 15) is 9.50 Å². The molecule has 1 aromatic rings. The predicted octanol–water partition coefficient (Wildman–Crippen LogP) is 2.19. The van der Waals surface area contributed by atoms with E-state index < -0.39 is 18.8 Å². The quantitative estimate of drug-likeness (QED) is 0.816. The van der Waals surface area contributed by atoms with E-state index in [4.69, 9.17) is 17.3 Å². The molecule has 0 aliphatic carbocycles. The van der Waals surface area contributed by atoms with Crippen LogP contribution in [0.1, 0.15) is 24.2 Å². The number of rotatable bonds is 3. The molecule has 0 amide bonds. The van der Waals surface area contributed by atoms with Crippen LogP contribution in [0.3, 0.4) is 0 Å². The van der Waals surface area contributed by atoms with Crippen molar-refractivity contribution >= 4 is 11.6 Å². The fourth-order valence-corrected chi connectivity index (χ4v) is 1.49. The standard InChI is InChI=1S/C10H13ClFNO/c1-6(13)10(14)8-3-2-7(5-12)4-9(8)11/h2-4,6,10,14H,5,13H2,1H3. The smallest absolute Gasteiger partial charge is 0.115 e. The Morgan fingerprint density at radius 3 is 2.64 bits per heavy atom. The van der Waals surface area contributed by atoms with Crippen molar-refractivity contribution in [3.63, 3.8) is 0 Å². The van der Waals surface area contributed by atoms with E-state index in [0.717, 1.165) is 0 Å². The first-order valence-electron chi connectivity index (χ1n) is 4.34. The summed E-state index contributed by atoms with van der Waals surface area (Å²) in [7, 11) is 0. The summed E-state index contributed by atoms with van der Waals surface area (Å²) in [6.45, 7) is 1.12. The lowest BCUT2D eigenvalue weighted by Gasteiger charge is -2.16. The minimum Gasteiger partial charge on any atom is -0.387 e. The third kappa shape index (κ3) is 2.44. The second-order valence-electron chi connectivity index (χ2n) is 3.29. The van der Waals surface area contributed by atoms with Gasteiger partial charge in [-0.05, 0) is 18.6 Å². The molecule has 2 nitrogen and oxygen atoms in total. The number of halogens is 2. The summed E-state index contributed by atoms with van der Waals surface area (Å²) >= 11 is 5.86. The van der Waals surface area contributed by atoms with Crippen LogP contribution in [0.2, 0.25) is 5.02 Å². The van der Waals surface area contributed by atoms with Gasteiger partial charge in [-0.1, -0.05) is 23.7 Å². The fourth-order valence-electron chi connectivity index (χ4n) is 1.18. The topological polar surface area (TPSA) is 46.2 Å². The fraction of sp³-hybridized carbons (Fsp3) is 0.400. The summed E-state index contributed by atoms with van der Waals surface area (Å²) < 4.78 is 12.3. The normalized spacial score (nSPS) is 15.2. The van der Waals surface area contributed by atoms with Gasteiger partial charge in [0.05, 0.1) is 6.10 Å². The van der Waals surface area contributed by atoms with Crippen molar-refractivity contribution in [1.82, 2.24) is 0 Å². The highest BCUT2D eigenvalue weighted by atomic mass is 35.5. The van der Waals surface area contributed by atoms with Gasteiger partial charge in [0.25, 0.3) is 0 Å². The highest BCUT2D eigenvalue weighted by Crippen LogP contribution is 2.25.